The lowest BCUT2D eigenvalue weighted by molar-refractivity contribution is -0.131. The first-order valence-corrected chi connectivity index (χ1v) is 7.16. The molecule has 2 N–H and O–H groups in total. The monoisotopic (exact) mass is 280 g/mol. The Hall–Kier alpha value is -1.62. The summed E-state index contributed by atoms with van der Waals surface area (Å²) in [5, 5.41) is 0. The number of amides is 2. The summed E-state index contributed by atoms with van der Waals surface area (Å²) in [6.45, 7) is 4.60. The minimum atomic E-state index is -0.482. The van der Waals surface area contributed by atoms with Gasteiger partial charge >= 0.3 is 0 Å². The third-order valence-electron chi connectivity index (χ3n) is 2.59. The molecule has 0 saturated carbocycles. The molecule has 0 aliphatic rings. The van der Waals surface area contributed by atoms with Gasteiger partial charge in [0.25, 0.3) is 0 Å². The highest BCUT2D eigenvalue weighted by molar-refractivity contribution is 7.12. The molecule has 0 unspecified atom stereocenters. The standard InChI is InChI=1S/C14H20N2O2S/c1-3-4-9-16(10-13(15)17)14(18)8-7-12-6-5-11(2)19-12/h5-8H,3-4,9-10H2,1-2H3,(H2,15,17)/b8-7-. The van der Waals surface area contributed by atoms with Crippen LogP contribution in [0.25, 0.3) is 6.08 Å². The van der Waals surface area contributed by atoms with E-state index in [4.69, 9.17) is 5.73 Å². The second kappa shape index (κ2) is 7.74. The lowest BCUT2D eigenvalue weighted by atomic mass is 10.3. The van der Waals surface area contributed by atoms with Gasteiger partial charge in [0.1, 0.15) is 0 Å². The molecule has 0 fully saturated rings. The lowest BCUT2D eigenvalue weighted by Crippen LogP contribution is -2.38. The molecule has 0 spiro atoms. The van der Waals surface area contributed by atoms with E-state index >= 15 is 0 Å². The average molecular weight is 280 g/mol. The van der Waals surface area contributed by atoms with Gasteiger partial charge in [-0.1, -0.05) is 13.3 Å². The fourth-order valence-corrected chi connectivity index (χ4v) is 2.39. The van der Waals surface area contributed by atoms with E-state index in [1.807, 2.05) is 26.0 Å². The van der Waals surface area contributed by atoms with Gasteiger partial charge in [-0.25, -0.2) is 0 Å². The fraction of sp³-hybridized carbons (Fsp3) is 0.429. The van der Waals surface area contributed by atoms with E-state index in [2.05, 4.69) is 0 Å². The number of hydrogen-bond acceptors (Lipinski definition) is 3. The fourth-order valence-electron chi connectivity index (χ4n) is 1.61. The molecule has 0 aliphatic carbocycles. The molecule has 1 aromatic rings. The zero-order valence-corrected chi connectivity index (χ0v) is 12.2. The Morgan fingerprint density at radius 3 is 2.68 bits per heavy atom. The van der Waals surface area contributed by atoms with Crippen molar-refractivity contribution in [2.45, 2.75) is 26.7 Å². The SMILES string of the molecule is CCCCN(CC(N)=O)C(=O)/C=C\c1ccc(C)s1. The number of aryl methyl sites for hydroxylation is 1. The maximum Gasteiger partial charge on any atom is 0.247 e. The number of nitrogens with zero attached hydrogens (tertiary/aromatic N) is 1. The molecule has 0 aliphatic heterocycles. The van der Waals surface area contributed by atoms with Gasteiger partial charge in [0.2, 0.25) is 11.8 Å². The molecular weight excluding hydrogens is 260 g/mol. The zero-order valence-electron chi connectivity index (χ0n) is 11.4. The van der Waals surface area contributed by atoms with Crippen molar-refractivity contribution < 1.29 is 9.59 Å². The zero-order chi connectivity index (χ0) is 14.3. The predicted octanol–water partition coefficient (Wildman–Crippen LogP) is 2.18. The Kier molecular flexibility index (Phi) is 6.29. The highest BCUT2D eigenvalue weighted by Crippen LogP contribution is 2.16. The maximum absolute atomic E-state index is 12.0. The van der Waals surface area contributed by atoms with Gasteiger partial charge in [0, 0.05) is 22.4 Å². The molecule has 2 amide bonds. The molecule has 4 nitrogen and oxygen atoms in total. The Morgan fingerprint density at radius 1 is 1.42 bits per heavy atom. The first-order chi connectivity index (χ1) is 9.02. The molecule has 1 heterocycles. The molecular formula is C14H20N2O2S. The third-order valence-corrected chi connectivity index (χ3v) is 3.56. The van der Waals surface area contributed by atoms with Crippen molar-refractivity contribution in [2.75, 3.05) is 13.1 Å². The Labute approximate surface area is 117 Å². The lowest BCUT2D eigenvalue weighted by Gasteiger charge is -2.18. The summed E-state index contributed by atoms with van der Waals surface area (Å²) in [4.78, 5) is 26.7. The Balaban J connectivity index is 2.64. The van der Waals surface area contributed by atoms with Crippen LogP contribution in [0.1, 0.15) is 29.5 Å². The van der Waals surface area contributed by atoms with Crippen molar-refractivity contribution >= 4 is 29.2 Å². The number of thiophene rings is 1. The van der Waals surface area contributed by atoms with Crippen LogP contribution in [-0.2, 0) is 9.59 Å². The molecule has 0 atom stereocenters. The van der Waals surface area contributed by atoms with E-state index in [0.29, 0.717) is 6.54 Å². The van der Waals surface area contributed by atoms with Crippen molar-refractivity contribution in [1.82, 2.24) is 4.90 Å². The van der Waals surface area contributed by atoms with Crippen molar-refractivity contribution in [2.24, 2.45) is 5.73 Å². The topological polar surface area (TPSA) is 63.4 Å². The van der Waals surface area contributed by atoms with Crippen LogP contribution >= 0.6 is 11.3 Å². The molecule has 104 valence electrons. The predicted molar refractivity (Wildman–Crippen MR) is 78.8 cm³/mol. The van der Waals surface area contributed by atoms with Crippen molar-refractivity contribution in [3.8, 4) is 0 Å². The van der Waals surface area contributed by atoms with Gasteiger partial charge in [-0.05, 0) is 31.6 Å². The van der Waals surface area contributed by atoms with Gasteiger partial charge in [-0.15, -0.1) is 11.3 Å². The molecule has 0 aromatic carbocycles. The highest BCUT2D eigenvalue weighted by atomic mass is 32.1. The van der Waals surface area contributed by atoms with Crippen LogP contribution in [0.3, 0.4) is 0 Å². The van der Waals surface area contributed by atoms with Crippen LogP contribution in [0.2, 0.25) is 0 Å². The summed E-state index contributed by atoms with van der Waals surface area (Å²) >= 11 is 1.62. The van der Waals surface area contributed by atoms with E-state index in [1.54, 1.807) is 17.4 Å². The van der Waals surface area contributed by atoms with Crippen molar-refractivity contribution in [3.05, 3.63) is 28.0 Å². The first kappa shape index (κ1) is 15.4. The molecule has 0 saturated heterocycles. The van der Waals surface area contributed by atoms with Gasteiger partial charge < -0.3 is 10.6 Å². The number of nitrogens with two attached hydrogens (primary N) is 1. The van der Waals surface area contributed by atoms with Crippen LogP contribution in [0.4, 0.5) is 0 Å². The van der Waals surface area contributed by atoms with Crippen LogP contribution in [0.15, 0.2) is 18.2 Å². The maximum atomic E-state index is 12.0. The molecule has 1 aromatic heterocycles. The summed E-state index contributed by atoms with van der Waals surface area (Å²) in [5.74, 6) is -0.650. The second-order valence-electron chi connectivity index (χ2n) is 4.36. The minimum absolute atomic E-state index is 0.0212. The molecule has 0 radical (unpaired) electrons. The molecule has 1 rings (SSSR count). The average Bonchev–Trinajstić information content (AvgIpc) is 2.77. The van der Waals surface area contributed by atoms with E-state index < -0.39 is 5.91 Å². The highest BCUT2D eigenvalue weighted by Gasteiger charge is 2.12. The normalized spacial score (nSPS) is 10.8. The first-order valence-electron chi connectivity index (χ1n) is 6.34. The summed E-state index contributed by atoms with van der Waals surface area (Å²) in [7, 11) is 0. The summed E-state index contributed by atoms with van der Waals surface area (Å²) < 4.78 is 0. The van der Waals surface area contributed by atoms with E-state index in [-0.39, 0.29) is 12.5 Å². The van der Waals surface area contributed by atoms with Crippen LogP contribution in [0, 0.1) is 6.92 Å². The summed E-state index contributed by atoms with van der Waals surface area (Å²) in [6.07, 6.45) is 5.12. The Bertz CT molecular complexity index is 466. The molecule has 19 heavy (non-hydrogen) atoms. The van der Waals surface area contributed by atoms with Crippen molar-refractivity contribution in [1.29, 1.82) is 0 Å². The smallest absolute Gasteiger partial charge is 0.247 e. The van der Waals surface area contributed by atoms with E-state index in [1.165, 1.54) is 15.9 Å². The number of rotatable bonds is 7. The summed E-state index contributed by atoms with van der Waals surface area (Å²) in [5.41, 5.74) is 5.16. The number of unbranched alkanes of at least 4 members (excludes halogenated alkanes) is 1. The van der Waals surface area contributed by atoms with Crippen molar-refractivity contribution in [3.63, 3.8) is 0 Å². The summed E-state index contributed by atoms with van der Waals surface area (Å²) in [6, 6.07) is 3.97. The number of hydrogen-bond donors (Lipinski definition) is 1. The van der Waals surface area contributed by atoms with Gasteiger partial charge in [0.15, 0.2) is 0 Å². The third kappa shape index (κ3) is 5.70. The van der Waals surface area contributed by atoms with Crippen LogP contribution in [-0.4, -0.2) is 29.8 Å². The van der Waals surface area contributed by atoms with E-state index in [0.717, 1.165) is 17.7 Å². The molecule has 5 heteroatoms. The largest absolute Gasteiger partial charge is 0.368 e. The second-order valence-corrected chi connectivity index (χ2v) is 5.68. The molecule has 0 bridgehead atoms. The van der Waals surface area contributed by atoms with Gasteiger partial charge in [-0.3, -0.25) is 9.59 Å². The number of primary amides is 1. The van der Waals surface area contributed by atoms with Crippen LogP contribution < -0.4 is 5.73 Å². The van der Waals surface area contributed by atoms with E-state index in [9.17, 15) is 9.59 Å². The Morgan fingerprint density at radius 2 is 2.16 bits per heavy atom. The minimum Gasteiger partial charge on any atom is -0.368 e. The van der Waals surface area contributed by atoms with Gasteiger partial charge in [-0.2, -0.15) is 0 Å². The number of carbonyl (C=O) groups excluding carboxylic acids is 2. The van der Waals surface area contributed by atoms with Crippen LogP contribution in [0.5, 0.6) is 0 Å². The van der Waals surface area contributed by atoms with Gasteiger partial charge in [0.05, 0.1) is 6.54 Å². The quantitative estimate of drug-likeness (QED) is 0.778. The number of carbonyl (C=O) groups is 2.